The van der Waals surface area contributed by atoms with Gasteiger partial charge in [-0.3, -0.25) is 0 Å². The molecular weight excluding hydrogens is 525 g/mol. The van der Waals surface area contributed by atoms with Crippen molar-refractivity contribution in [1.82, 2.24) is 20.2 Å². The number of aliphatic imine (C=N–C) groups is 1. The number of para-hydroxylation sites is 2. The second-order valence-electron chi connectivity index (χ2n) is 7.29. The third-order valence-corrected chi connectivity index (χ3v) is 6.13. The predicted molar refractivity (Wildman–Crippen MR) is 137 cm³/mol. The molecule has 0 spiro atoms. The Morgan fingerprint density at radius 2 is 1.87 bits per heavy atom. The summed E-state index contributed by atoms with van der Waals surface area (Å²) in [6, 6.07) is 13.5. The van der Waals surface area contributed by atoms with Crippen LogP contribution in [0, 0.1) is 13.8 Å². The van der Waals surface area contributed by atoms with Crippen LogP contribution in [0.5, 0.6) is 0 Å². The molecule has 0 radical (unpaired) electrons. The van der Waals surface area contributed by atoms with Crippen LogP contribution in [0.1, 0.15) is 23.9 Å². The SMILES string of the molecule is CCNC(=NCc1ccc(S(C)(=O)=O)c(C)c1)NCCn1c(C)nc2ccccc21.I. The first kappa shape index (κ1) is 25.1. The number of nitrogens with zero attached hydrogens (tertiary/aromatic N) is 3. The van der Waals surface area contributed by atoms with Crippen LogP contribution in [0.25, 0.3) is 11.0 Å². The number of hydrogen-bond donors (Lipinski definition) is 2. The molecule has 0 saturated heterocycles. The summed E-state index contributed by atoms with van der Waals surface area (Å²) in [5.74, 6) is 1.71. The number of sulfone groups is 1. The van der Waals surface area contributed by atoms with Gasteiger partial charge in [0.25, 0.3) is 0 Å². The molecule has 0 bridgehead atoms. The minimum Gasteiger partial charge on any atom is -0.357 e. The quantitative estimate of drug-likeness (QED) is 0.265. The van der Waals surface area contributed by atoms with E-state index in [9.17, 15) is 8.42 Å². The summed E-state index contributed by atoms with van der Waals surface area (Å²) in [6.07, 6.45) is 1.23. The fourth-order valence-corrected chi connectivity index (χ4v) is 4.46. The van der Waals surface area contributed by atoms with Crippen LogP contribution in [0.2, 0.25) is 0 Å². The highest BCUT2D eigenvalue weighted by molar-refractivity contribution is 14.0. The van der Waals surface area contributed by atoms with Gasteiger partial charge in [0.2, 0.25) is 0 Å². The van der Waals surface area contributed by atoms with Crippen LogP contribution in [0.15, 0.2) is 52.4 Å². The van der Waals surface area contributed by atoms with Crippen molar-refractivity contribution in [2.45, 2.75) is 38.8 Å². The van der Waals surface area contributed by atoms with E-state index in [1.807, 2.05) is 51.1 Å². The van der Waals surface area contributed by atoms with Crippen molar-refractivity contribution in [2.75, 3.05) is 19.3 Å². The summed E-state index contributed by atoms with van der Waals surface area (Å²) in [5, 5.41) is 6.62. The van der Waals surface area contributed by atoms with Crippen molar-refractivity contribution in [3.8, 4) is 0 Å². The minimum absolute atomic E-state index is 0. The summed E-state index contributed by atoms with van der Waals surface area (Å²) in [5.41, 5.74) is 3.84. The lowest BCUT2D eigenvalue weighted by molar-refractivity contribution is 0.601. The fraction of sp³-hybridized carbons (Fsp3) is 0.364. The Balaban J connectivity index is 0.00000341. The first-order valence-corrected chi connectivity index (χ1v) is 11.9. The molecule has 0 aliphatic rings. The van der Waals surface area contributed by atoms with Crippen LogP contribution < -0.4 is 10.6 Å². The molecule has 31 heavy (non-hydrogen) atoms. The average molecular weight is 555 g/mol. The van der Waals surface area contributed by atoms with Gasteiger partial charge in [-0.25, -0.2) is 18.4 Å². The molecule has 7 nitrogen and oxygen atoms in total. The Kier molecular flexibility index (Phi) is 8.87. The average Bonchev–Trinajstić information content (AvgIpc) is 3.00. The molecule has 2 aromatic carbocycles. The summed E-state index contributed by atoms with van der Waals surface area (Å²) < 4.78 is 25.8. The molecule has 1 heterocycles. The lowest BCUT2D eigenvalue weighted by atomic mass is 10.1. The molecule has 0 unspecified atom stereocenters. The number of hydrogen-bond acceptors (Lipinski definition) is 4. The van der Waals surface area contributed by atoms with Crippen molar-refractivity contribution in [1.29, 1.82) is 0 Å². The first-order valence-electron chi connectivity index (χ1n) is 10.0. The number of halogens is 1. The number of nitrogens with one attached hydrogen (secondary N) is 2. The molecule has 2 N–H and O–H groups in total. The van der Waals surface area contributed by atoms with Crippen molar-refractivity contribution >= 4 is 50.8 Å². The molecule has 9 heteroatoms. The zero-order chi connectivity index (χ0) is 21.7. The van der Waals surface area contributed by atoms with Crippen LogP contribution in [0.4, 0.5) is 0 Å². The van der Waals surface area contributed by atoms with Crippen LogP contribution in [0.3, 0.4) is 0 Å². The lowest BCUT2D eigenvalue weighted by Crippen LogP contribution is -2.38. The van der Waals surface area contributed by atoms with E-state index in [-0.39, 0.29) is 24.0 Å². The molecule has 0 saturated carbocycles. The van der Waals surface area contributed by atoms with E-state index in [0.29, 0.717) is 18.0 Å². The molecule has 3 aromatic rings. The van der Waals surface area contributed by atoms with Crippen molar-refractivity contribution in [2.24, 2.45) is 4.99 Å². The maximum atomic E-state index is 11.8. The van der Waals surface area contributed by atoms with Gasteiger partial charge in [-0.2, -0.15) is 0 Å². The number of fused-ring (bicyclic) bond motifs is 1. The van der Waals surface area contributed by atoms with Gasteiger partial charge >= 0.3 is 0 Å². The number of rotatable bonds is 7. The summed E-state index contributed by atoms with van der Waals surface area (Å²) in [6.45, 7) is 8.55. The highest BCUT2D eigenvalue weighted by Gasteiger charge is 2.11. The number of benzene rings is 2. The molecule has 0 atom stereocenters. The minimum atomic E-state index is -3.21. The third kappa shape index (κ3) is 6.42. The van der Waals surface area contributed by atoms with Gasteiger partial charge < -0.3 is 15.2 Å². The second-order valence-corrected chi connectivity index (χ2v) is 9.28. The number of aryl methyl sites for hydroxylation is 2. The molecule has 0 aliphatic heterocycles. The van der Waals surface area contributed by atoms with Crippen LogP contribution >= 0.6 is 24.0 Å². The maximum Gasteiger partial charge on any atom is 0.191 e. The van der Waals surface area contributed by atoms with E-state index in [1.165, 1.54) is 6.26 Å². The smallest absolute Gasteiger partial charge is 0.191 e. The maximum absolute atomic E-state index is 11.8. The zero-order valence-electron chi connectivity index (χ0n) is 18.3. The number of guanidine groups is 1. The van der Waals surface area contributed by atoms with E-state index in [4.69, 9.17) is 0 Å². The van der Waals surface area contributed by atoms with Gasteiger partial charge in [-0.15, -0.1) is 24.0 Å². The second kappa shape index (κ2) is 10.9. The Morgan fingerprint density at radius 1 is 1.13 bits per heavy atom. The van der Waals surface area contributed by atoms with E-state index in [2.05, 4.69) is 31.2 Å². The van der Waals surface area contributed by atoms with Gasteiger partial charge in [-0.1, -0.05) is 24.3 Å². The first-order chi connectivity index (χ1) is 14.3. The molecule has 168 valence electrons. The standard InChI is InChI=1S/C22H29N5O2S.HI/c1-5-23-22(25-15-18-10-11-21(16(2)14-18)30(4,28)29)24-12-13-27-17(3)26-19-8-6-7-9-20(19)27;/h6-11,14H,5,12-13,15H2,1-4H3,(H2,23,24,25);1H. The highest BCUT2D eigenvalue weighted by Crippen LogP contribution is 2.17. The summed E-state index contributed by atoms with van der Waals surface area (Å²) in [4.78, 5) is 9.61. The molecule has 1 aromatic heterocycles. The molecule has 0 aliphatic carbocycles. The summed E-state index contributed by atoms with van der Waals surface area (Å²) in [7, 11) is -3.21. The predicted octanol–water partition coefficient (Wildman–Crippen LogP) is 3.43. The van der Waals surface area contributed by atoms with Gasteiger partial charge in [0.05, 0.1) is 22.5 Å². The van der Waals surface area contributed by atoms with E-state index >= 15 is 0 Å². The number of aromatic nitrogens is 2. The Labute approximate surface area is 201 Å². The normalized spacial score (nSPS) is 11.9. The topological polar surface area (TPSA) is 88.4 Å². The van der Waals surface area contributed by atoms with Crippen LogP contribution in [-0.2, 0) is 22.9 Å². The Bertz CT molecular complexity index is 1170. The van der Waals surface area contributed by atoms with Crippen molar-refractivity contribution < 1.29 is 8.42 Å². The Hall–Kier alpha value is -2.14. The molecule has 3 rings (SSSR count). The largest absolute Gasteiger partial charge is 0.357 e. The summed E-state index contributed by atoms with van der Waals surface area (Å²) >= 11 is 0. The number of imidazole rings is 1. The molecule has 0 amide bonds. The third-order valence-electron chi connectivity index (χ3n) is 4.88. The van der Waals surface area contributed by atoms with E-state index in [1.54, 1.807) is 6.07 Å². The van der Waals surface area contributed by atoms with Gasteiger partial charge in [-0.05, 0) is 50.1 Å². The van der Waals surface area contributed by atoms with E-state index in [0.717, 1.165) is 47.0 Å². The van der Waals surface area contributed by atoms with Crippen molar-refractivity contribution in [3.63, 3.8) is 0 Å². The van der Waals surface area contributed by atoms with Crippen molar-refractivity contribution in [3.05, 3.63) is 59.4 Å². The van der Waals surface area contributed by atoms with Gasteiger partial charge in [0.15, 0.2) is 15.8 Å². The van der Waals surface area contributed by atoms with E-state index < -0.39 is 9.84 Å². The molecular formula is C22H30IN5O2S. The van der Waals surface area contributed by atoms with Crippen LogP contribution in [-0.4, -0.2) is 43.3 Å². The van der Waals surface area contributed by atoms with Gasteiger partial charge in [0, 0.05) is 25.9 Å². The zero-order valence-corrected chi connectivity index (χ0v) is 21.5. The molecule has 0 fully saturated rings. The lowest BCUT2D eigenvalue weighted by Gasteiger charge is -2.13. The monoisotopic (exact) mass is 555 g/mol. The highest BCUT2D eigenvalue weighted by atomic mass is 127. The fourth-order valence-electron chi connectivity index (χ4n) is 3.50. The van der Waals surface area contributed by atoms with Gasteiger partial charge in [0.1, 0.15) is 5.82 Å². The Morgan fingerprint density at radius 3 is 2.55 bits per heavy atom.